The second kappa shape index (κ2) is 9.06. The van der Waals surface area contributed by atoms with E-state index in [2.05, 4.69) is 0 Å². The van der Waals surface area contributed by atoms with Gasteiger partial charge in [0.25, 0.3) is 0 Å². The average Bonchev–Trinajstić information content (AvgIpc) is 2.50. The van der Waals surface area contributed by atoms with Crippen molar-refractivity contribution >= 4 is 23.6 Å². The first kappa shape index (κ1) is 18.9. The van der Waals surface area contributed by atoms with Gasteiger partial charge in [0.2, 0.25) is 0 Å². The van der Waals surface area contributed by atoms with Gasteiger partial charge in [0, 0.05) is 6.08 Å². The van der Waals surface area contributed by atoms with E-state index in [0.717, 1.165) is 0 Å². The molecule has 6 heteroatoms. The van der Waals surface area contributed by atoms with E-state index in [4.69, 9.17) is 31.1 Å². The molecule has 0 spiro atoms. The predicted octanol–water partition coefficient (Wildman–Crippen LogP) is 3.85. The van der Waals surface area contributed by atoms with Gasteiger partial charge >= 0.3 is 5.97 Å². The number of carbonyl (C=O) groups is 1. The first-order valence-electron chi connectivity index (χ1n) is 7.16. The smallest absolute Gasteiger partial charge is 0.332 e. The van der Waals surface area contributed by atoms with Crippen LogP contribution in [0, 0.1) is 17.2 Å². The molecular formula is C17H20ClNO4. The number of nitrogens with zero attached hydrogens (tertiary/aromatic N) is 1. The maximum absolute atomic E-state index is 11.5. The number of carbonyl (C=O) groups excluding carboxylic acids is 1. The van der Waals surface area contributed by atoms with E-state index in [0.29, 0.717) is 34.6 Å². The quantitative estimate of drug-likeness (QED) is 0.558. The summed E-state index contributed by atoms with van der Waals surface area (Å²) in [6, 6.07) is 5.19. The van der Waals surface area contributed by atoms with Crippen LogP contribution in [0.2, 0.25) is 5.02 Å². The SMILES string of the molecule is COc1cc(/C=C/C(=O)O[C@H](C)C#N)cc(Cl)c1OCC(C)C. The van der Waals surface area contributed by atoms with Gasteiger partial charge in [0.15, 0.2) is 17.6 Å². The molecule has 124 valence electrons. The number of benzene rings is 1. The fraction of sp³-hybridized carbons (Fsp3) is 0.412. The number of ether oxygens (including phenoxy) is 3. The van der Waals surface area contributed by atoms with Crippen molar-refractivity contribution in [3.8, 4) is 17.6 Å². The van der Waals surface area contributed by atoms with Crippen LogP contribution < -0.4 is 9.47 Å². The van der Waals surface area contributed by atoms with Crippen molar-refractivity contribution in [1.29, 1.82) is 5.26 Å². The maximum atomic E-state index is 11.5. The van der Waals surface area contributed by atoms with Gasteiger partial charge in [-0.25, -0.2) is 4.79 Å². The summed E-state index contributed by atoms with van der Waals surface area (Å²) < 4.78 is 15.8. The Morgan fingerprint density at radius 2 is 2.09 bits per heavy atom. The van der Waals surface area contributed by atoms with Crippen LogP contribution >= 0.6 is 11.6 Å². The molecule has 0 aliphatic heterocycles. The Bertz CT molecular complexity index is 620. The molecule has 0 aliphatic rings. The zero-order valence-corrected chi connectivity index (χ0v) is 14.4. The molecule has 0 fully saturated rings. The molecule has 0 aliphatic carbocycles. The van der Waals surface area contributed by atoms with Crippen LogP contribution in [0.15, 0.2) is 18.2 Å². The highest BCUT2D eigenvalue weighted by molar-refractivity contribution is 6.32. The molecular weight excluding hydrogens is 318 g/mol. The van der Waals surface area contributed by atoms with Crippen molar-refractivity contribution in [2.75, 3.05) is 13.7 Å². The lowest BCUT2D eigenvalue weighted by Gasteiger charge is -2.14. The van der Waals surface area contributed by atoms with Gasteiger partial charge in [-0.3, -0.25) is 0 Å². The van der Waals surface area contributed by atoms with E-state index in [9.17, 15) is 4.79 Å². The number of esters is 1. The van der Waals surface area contributed by atoms with Crippen LogP contribution in [-0.2, 0) is 9.53 Å². The van der Waals surface area contributed by atoms with Crippen LogP contribution in [0.5, 0.6) is 11.5 Å². The maximum Gasteiger partial charge on any atom is 0.332 e. The molecule has 0 aromatic heterocycles. The van der Waals surface area contributed by atoms with E-state index in [1.165, 1.54) is 26.2 Å². The highest BCUT2D eigenvalue weighted by Gasteiger charge is 2.12. The van der Waals surface area contributed by atoms with Crippen molar-refractivity contribution in [2.24, 2.45) is 5.92 Å². The molecule has 0 amide bonds. The van der Waals surface area contributed by atoms with Crippen molar-refractivity contribution in [1.82, 2.24) is 0 Å². The number of nitriles is 1. The van der Waals surface area contributed by atoms with E-state index >= 15 is 0 Å². The zero-order valence-electron chi connectivity index (χ0n) is 13.6. The number of hydrogen-bond acceptors (Lipinski definition) is 5. The third-order valence-electron chi connectivity index (χ3n) is 2.70. The van der Waals surface area contributed by atoms with Crippen LogP contribution in [0.3, 0.4) is 0 Å². The number of rotatable bonds is 7. The molecule has 23 heavy (non-hydrogen) atoms. The first-order chi connectivity index (χ1) is 10.9. The Labute approximate surface area is 141 Å². The normalized spacial score (nSPS) is 12.0. The lowest BCUT2D eigenvalue weighted by Crippen LogP contribution is -2.10. The standard InChI is InChI=1S/C17H20ClNO4/c1-11(2)10-22-17-14(18)7-13(8-15(17)21-4)5-6-16(20)23-12(3)9-19/h5-8,11-12H,10H2,1-4H3/b6-5+/t12-/m1/s1. The Morgan fingerprint density at radius 3 is 2.65 bits per heavy atom. The summed E-state index contributed by atoms with van der Waals surface area (Å²) in [6.45, 7) is 6.08. The minimum absolute atomic E-state index is 0.354. The Morgan fingerprint density at radius 1 is 1.39 bits per heavy atom. The Balaban J connectivity index is 2.91. The molecule has 1 aromatic carbocycles. The summed E-state index contributed by atoms with van der Waals surface area (Å²) >= 11 is 6.22. The average molecular weight is 338 g/mol. The summed E-state index contributed by atoms with van der Waals surface area (Å²) in [5.41, 5.74) is 0.658. The van der Waals surface area contributed by atoms with Crippen LogP contribution in [0.4, 0.5) is 0 Å². The minimum atomic E-state index is -0.794. The molecule has 0 bridgehead atoms. The van der Waals surface area contributed by atoms with Gasteiger partial charge in [0.05, 0.1) is 18.7 Å². The fourth-order valence-electron chi connectivity index (χ4n) is 1.63. The fourth-order valence-corrected chi connectivity index (χ4v) is 1.90. The summed E-state index contributed by atoms with van der Waals surface area (Å²) in [4.78, 5) is 11.5. The van der Waals surface area contributed by atoms with Crippen molar-refractivity contribution in [3.63, 3.8) is 0 Å². The molecule has 0 N–H and O–H groups in total. The largest absolute Gasteiger partial charge is 0.493 e. The Kier molecular flexibility index (Phi) is 7.43. The van der Waals surface area contributed by atoms with Gasteiger partial charge in [0.1, 0.15) is 6.07 Å². The molecule has 5 nitrogen and oxygen atoms in total. The van der Waals surface area contributed by atoms with Gasteiger partial charge in [-0.2, -0.15) is 5.26 Å². The zero-order chi connectivity index (χ0) is 17.4. The van der Waals surface area contributed by atoms with Crippen LogP contribution in [0.25, 0.3) is 6.08 Å². The lowest BCUT2D eigenvalue weighted by atomic mass is 10.2. The van der Waals surface area contributed by atoms with Crippen LogP contribution in [-0.4, -0.2) is 25.8 Å². The van der Waals surface area contributed by atoms with Crippen molar-refractivity contribution in [2.45, 2.75) is 26.9 Å². The molecule has 0 radical (unpaired) electrons. The van der Waals surface area contributed by atoms with E-state index in [1.54, 1.807) is 12.1 Å². The predicted molar refractivity (Wildman–Crippen MR) is 88.5 cm³/mol. The third-order valence-corrected chi connectivity index (χ3v) is 2.98. The molecule has 1 aromatic rings. The van der Waals surface area contributed by atoms with E-state index < -0.39 is 12.1 Å². The number of hydrogen-bond donors (Lipinski definition) is 0. The summed E-state index contributed by atoms with van der Waals surface area (Å²) in [6.07, 6.45) is 1.97. The van der Waals surface area contributed by atoms with E-state index in [-0.39, 0.29) is 0 Å². The second-order valence-electron chi connectivity index (χ2n) is 5.28. The lowest BCUT2D eigenvalue weighted by molar-refractivity contribution is -0.139. The molecule has 1 atom stereocenters. The molecule has 0 saturated carbocycles. The second-order valence-corrected chi connectivity index (χ2v) is 5.69. The van der Waals surface area contributed by atoms with Gasteiger partial charge in [-0.15, -0.1) is 0 Å². The van der Waals surface area contributed by atoms with E-state index in [1.807, 2.05) is 19.9 Å². The summed E-state index contributed by atoms with van der Waals surface area (Å²) in [5, 5.41) is 8.99. The molecule has 1 rings (SSSR count). The number of methoxy groups -OCH3 is 1. The van der Waals surface area contributed by atoms with Crippen LogP contribution in [0.1, 0.15) is 26.3 Å². The minimum Gasteiger partial charge on any atom is -0.493 e. The third kappa shape index (κ3) is 6.21. The Hall–Kier alpha value is -2.19. The summed E-state index contributed by atoms with van der Waals surface area (Å²) in [5.74, 6) is 0.707. The summed E-state index contributed by atoms with van der Waals surface area (Å²) in [7, 11) is 1.52. The number of halogens is 1. The highest BCUT2D eigenvalue weighted by Crippen LogP contribution is 2.37. The molecule has 0 heterocycles. The van der Waals surface area contributed by atoms with Crippen molar-refractivity contribution in [3.05, 3.63) is 28.8 Å². The van der Waals surface area contributed by atoms with Gasteiger partial charge in [-0.1, -0.05) is 25.4 Å². The highest BCUT2D eigenvalue weighted by atomic mass is 35.5. The molecule has 0 unspecified atom stereocenters. The van der Waals surface area contributed by atoms with Gasteiger partial charge in [-0.05, 0) is 36.6 Å². The van der Waals surface area contributed by atoms with Gasteiger partial charge < -0.3 is 14.2 Å². The first-order valence-corrected chi connectivity index (χ1v) is 7.53. The monoisotopic (exact) mass is 337 g/mol. The molecule has 0 saturated heterocycles. The topological polar surface area (TPSA) is 68.5 Å². The van der Waals surface area contributed by atoms with Crippen molar-refractivity contribution < 1.29 is 19.0 Å².